The number of thiocarbonyl (C=S) groups is 1. The van der Waals surface area contributed by atoms with Crippen LogP contribution in [0.5, 0.6) is 0 Å². The van der Waals surface area contributed by atoms with Crippen LogP contribution in [-0.4, -0.2) is 22.5 Å². The molecule has 3 aromatic rings. The third-order valence-electron chi connectivity index (χ3n) is 3.35. The Balaban J connectivity index is 0.000000234. The first kappa shape index (κ1) is 22.4. The lowest BCUT2D eigenvalue weighted by Gasteiger charge is -1.99. The molecular weight excluding hydrogens is 428 g/mol. The van der Waals surface area contributed by atoms with Crippen LogP contribution in [0.2, 0.25) is 0 Å². The number of rotatable bonds is 4. The molecule has 0 amide bonds. The highest BCUT2D eigenvalue weighted by Gasteiger charge is 2.15. The molecule has 2 N–H and O–H groups in total. The second-order valence-corrected chi connectivity index (χ2v) is 6.67. The number of esters is 1. The summed E-state index contributed by atoms with van der Waals surface area (Å²) in [6.07, 6.45) is 0. The highest BCUT2D eigenvalue weighted by Crippen LogP contribution is 2.27. The molecule has 0 radical (unpaired) electrons. The molecule has 0 aliphatic heterocycles. The largest absolute Gasteiger partial charge is 0.461 e. The molecule has 1 heterocycles. The molecule has 0 bridgehead atoms. The van der Waals surface area contributed by atoms with Crippen LogP contribution < -0.4 is 5.73 Å². The second kappa shape index (κ2) is 10.1. The zero-order chi connectivity index (χ0) is 21.6. The van der Waals surface area contributed by atoms with Crippen molar-refractivity contribution in [3.05, 3.63) is 76.3 Å². The number of ether oxygens (including phenoxy) is 1. The van der Waals surface area contributed by atoms with Crippen LogP contribution >= 0.6 is 23.6 Å². The van der Waals surface area contributed by atoms with Gasteiger partial charge in [0.1, 0.15) is 33.3 Å². The smallest absolute Gasteiger partial charge is 0.357 e. The van der Waals surface area contributed by atoms with Gasteiger partial charge in [0, 0.05) is 28.6 Å². The van der Waals surface area contributed by atoms with Gasteiger partial charge in [0.2, 0.25) is 0 Å². The van der Waals surface area contributed by atoms with Gasteiger partial charge >= 0.3 is 5.97 Å². The third-order valence-corrected chi connectivity index (χ3v) is 4.44. The fraction of sp³-hybridized carbons (Fsp3) is 0.105. The summed E-state index contributed by atoms with van der Waals surface area (Å²) in [7, 11) is 0. The van der Waals surface area contributed by atoms with E-state index in [2.05, 4.69) is 17.2 Å². The zero-order valence-electron chi connectivity index (χ0n) is 14.9. The van der Waals surface area contributed by atoms with Gasteiger partial charge in [-0.3, -0.25) is 0 Å². The van der Waals surface area contributed by atoms with E-state index >= 15 is 0 Å². The first-order chi connectivity index (χ1) is 13.7. The molecule has 0 unspecified atom stereocenters. The van der Waals surface area contributed by atoms with Gasteiger partial charge in [-0.05, 0) is 31.2 Å². The van der Waals surface area contributed by atoms with Gasteiger partial charge in [-0.15, -0.1) is 11.3 Å². The lowest BCUT2D eigenvalue weighted by atomic mass is 10.2. The maximum atomic E-state index is 13.5. The van der Waals surface area contributed by atoms with E-state index in [1.165, 1.54) is 17.5 Å². The van der Waals surface area contributed by atoms with E-state index in [-0.39, 0.29) is 28.4 Å². The molecule has 0 saturated carbocycles. The Hall–Kier alpha value is -2.85. The number of carbonyl (C=O) groups excluding carboxylic acids is 1. The van der Waals surface area contributed by atoms with Crippen molar-refractivity contribution < 1.29 is 27.1 Å². The molecular formula is C19H14F4N2O2S2. The lowest BCUT2D eigenvalue weighted by Crippen LogP contribution is -2.11. The molecule has 1 aromatic heterocycles. The summed E-state index contributed by atoms with van der Waals surface area (Å²) in [5, 5.41) is 1.80. The summed E-state index contributed by atoms with van der Waals surface area (Å²) in [4.78, 5) is 15.3. The van der Waals surface area contributed by atoms with Gasteiger partial charge in [0.05, 0.1) is 6.61 Å². The van der Waals surface area contributed by atoms with E-state index in [0.717, 1.165) is 35.6 Å². The highest BCUT2D eigenvalue weighted by molar-refractivity contribution is 7.80. The molecule has 152 valence electrons. The van der Waals surface area contributed by atoms with Crippen molar-refractivity contribution in [1.82, 2.24) is 4.98 Å². The minimum atomic E-state index is -0.725. The number of halogens is 4. The normalized spacial score (nSPS) is 10.1. The van der Waals surface area contributed by atoms with Crippen LogP contribution in [0.25, 0.3) is 10.6 Å². The maximum absolute atomic E-state index is 13.5. The monoisotopic (exact) mass is 442 g/mol. The second-order valence-electron chi connectivity index (χ2n) is 5.37. The molecule has 0 saturated heterocycles. The number of hydrogen-bond donors (Lipinski definition) is 1. The predicted molar refractivity (Wildman–Crippen MR) is 106 cm³/mol. The lowest BCUT2D eigenvalue weighted by molar-refractivity contribution is 0.0520. The number of hydrogen-bond acceptors (Lipinski definition) is 5. The zero-order valence-corrected chi connectivity index (χ0v) is 16.6. The molecule has 0 aliphatic rings. The van der Waals surface area contributed by atoms with Gasteiger partial charge in [-0.1, -0.05) is 12.2 Å². The molecule has 0 spiro atoms. The Kier molecular flexibility index (Phi) is 7.80. The van der Waals surface area contributed by atoms with Gasteiger partial charge in [-0.25, -0.2) is 27.3 Å². The Morgan fingerprint density at radius 2 is 1.72 bits per heavy atom. The Labute approximate surface area is 173 Å². The van der Waals surface area contributed by atoms with Gasteiger partial charge in [0.25, 0.3) is 0 Å². The quantitative estimate of drug-likeness (QED) is 0.355. The summed E-state index contributed by atoms with van der Waals surface area (Å²) in [6.45, 7) is 1.93. The van der Waals surface area contributed by atoms with E-state index in [0.29, 0.717) is 5.01 Å². The van der Waals surface area contributed by atoms with Crippen LogP contribution in [0.15, 0.2) is 41.8 Å². The molecule has 0 fully saturated rings. The molecule has 4 nitrogen and oxygen atoms in total. The molecule has 29 heavy (non-hydrogen) atoms. The molecule has 2 aromatic carbocycles. The first-order valence-electron chi connectivity index (χ1n) is 8.05. The van der Waals surface area contributed by atoms with Gasteiger partial charge in [-0.2, -0.15) is 0 Å². The van der Waals surface area contributed by atoms with Crippen molar-refractivity contribution >= 4 is 34.5 Å². The molecule has 10 heteroatoms. The number of thiazole rings is 1. The summed E-state index contributed by atoms with van der Waals surface area (Å²) >= 11 is 5.61. The fourth-order valence-electron chi connectivity index (χ4n) is 2.05. The Morgan fingerprint density at radius 3 is 2.28 bits per heavy atom. The number of nitrogens with zero attached hydrogens (tertiary/aromatic N) is 1. The average Bonchev–Trinajstić information content (AvgIpc) is 3.12. The van der Waals surface area contributed by atoms with Crippen molar-refractivity contribution in [1.29, 1.82) is 0 Å². The summed E-state index contributed by atoms with van der Waals surface area (Å²) in [5.41, 5.74) is 5.49. The minimum Gasteiger partial charge on any atom is -0.461 e. The Bertz CT molecular complexity index is 1040. The fourth-order valence-corrected chi connectivity index (χ4v) is 3.03. The van der Waals surface area contributed by atoms with Gasteiger partial charge in [0.15, 0.2) is 5.69 Å². The summed E-state index contributed by atoms with van der Waals surface area (Å²) in [6, 6.07) is 6.28. The van der Waals surface area contributed by atoms with E-state index in [1.54, 1.807) is 6.92 Å². The first-order valence-corrected chi connectivity index (χ1v) is 9.34. The van der Waals surface area contributed by atoms with E-state index in [9.17, 15) is 22.4 Å². The van der Waals surface area contributed by atoms with Crippen LogP contribution in [-0.2, 0) is 4.74 Å². The summed E-state index contributed by atoms with van der Waals surface area (Å²) in [5.74, 6) is -3.28. The van der Waals surface area contributed by atoms with Crippen molar-refractivity contribution in [2.75, 3.05) is 6.61 Å². The number of aromatic nitrogens is 1. The average molecular weight is 442 g/mol. The van der Waals surface area contributed by atoms with Crippen LogP contribution in [0.4, 0.5) is 17.6 Å². The van der Waals surface area contributed by atoms with Crippen molar-refractivity contribution in [3.63, 3.8) is 0 Å². The number of carbonyl (C=O) groups is 1. The predicted octanol–water partition coefficient (Wildman–Crippen LogP) is 4.86. The maximum Gasteiger partial charge on any atom is 0.357 e. The van der Waals surface area contributed by atoms with Crippen LogP contribution in [0.3, 0.4) is 0 Å². The third kappa shape index (κ3) is 6.06. The number of nitrogens with two attached hydrogens (primary N) is 1. The van der Waals surface area contributed by atoms with Crippen molar-refractivity contribution in [2.24, 2.45) is 5.73 Å². The van der Waals surface area contributed by atoms with Crippen LogP contribution in [0.1, 0.15) is 23.0 Å². The van der Waals surface area contributed by atoms with Crippen molar-refractivity contribution in [3.8, 4) is 10.6 Å². The van der Waals surface area contributed by atoms with Gasteiger partial charge < -0.3 is 10.5 Å². The van der Waals surface area contributed by atoms with Crippen LogP contribution in [0, 0.1) is 23.3 Å². The standard InChI is InChI=1S/C12H9F2NO2S.C7H5F2NS/c1-2-17-12(16)10-6-18-11(15-10)8-4-3-7(13)5-9(8)14;8-4-1-2-5(7(10)11)6(9)3-4/h3-6H,2H2,1H3;1-3H,(H2,10,11). The number of benzene rings is 2. The molecule has 0 atom stereocenters. The summed E-state index contributed by atoms with van der Waals surface area (Å²) < 4.78 is 56.0. The van der Waals surface area contributed by atoms with E-state index < -0.39 is 29.2 Å². The topological polar surface area (TPSA) is 65.2 Å². The molecule has 0 aliphatic carbocycles. The minimum absolute atomic E-state index is 0.0671. The van der Waals surface area contributed by atoms with E-state index in [1.807, 2.05) is 0 Å². The molecule has 3 rings (SSSR count). The SMILES string of the molecule is CCOC(=O)c1csc(-c2ccc(F)cc2F)n1.NC(=S)c1ccc(F)cc1F. The van der Waals surface area contributed by atoms with E-state index in [4.69, 9.17) is 10.5 Å². The Morgan fingerprint density at radius 1 is 1.10 bits per heavy atom. The van der Waals surface area contributed by atoms with Crippen molar-refractivity contribution in [2.45, 2.75) is 6.92 Å². The highest BCUT2D eigenvalue weighted by atomic mass is 32.1.